The molecule has 9 heavy (non-hydrogen) atoms. The second-order valence-corrected chi connectivity index (χ2v) is 2.93. The SMILES string of the molecule is CN1CC2=C(C1)NCC2. The molecule has 2 heterocycles. The van der Waals surface area contributed by atoms with Gasteiger partial charge in [0.2, 0.25) is 0 Å². The van der Waals surface area contributed by atoms with Crippen LogP contribution in [0.15, 0.2) is 11.3 Å². The van der Waals surface area contributed by atoms with Crippen molar-refractivity contribution in [2.75, 3.05) is 26.7 Å². The molecule has 2 heteroatoms. The van der Waals surface area contributed by atoms with E-state index in [0.717, 1.165) is 6.54 Å². The molecule has 2 nitrogen and oxygen atoms in total. The summed E-state index contributed by atoms with van der Waals surface area (Å²) in [5.41, 5.74) is 3.13. The van der Waals surface area contributed by atoms with Crippen molar-refractivity contribution in [3.8, 4) is 0 Å². The predicted molar refractivity (Wildman–Crippen MR) is 37.1 cm³/mol. The first-order valence-electron chi connectivity index (χ1n) is 3.49. The van der Waals surface area contributed by atoms with E-state index in [0.29, 0.717) is 0 Å². The largest absolute Gasteiger partial charge is 0.387 e. The van der Waals surface area contributed by atoms with Gasteiger partial charge < -0.3 is 5.32 Å². The van der Waals surface area contributed by atoms with E-state index in [1.807, 2.05) is 0 Å². The second-order valence-electron chi connectivity index (χ2n) is 2.93. The van der Waals surface area contributed by atoms with E-state index in [9.17, 15) is 0 Å². The standard InChI is InChI=1S/C7H12N2/c1-9-4-6-2-3-8-7(6)5-9/h8H,2-5H2,1H3. The van der Waals surface area contributed by atoms with Crippen molar-refractivity contribution in [2.24, 2.45) is 0 Å². The van der Waals surface area contributed by atoms with Crippen molar-refractivity contribution < 1.29 is 0 Å². The minimum atomic E-state index is 1.15. The van der Waals surface area contributed by atoms with Crippen molar-refractivity contribution in [3.63, 3.8) is 0 Å². The molecule has 2 aliphatic rings. The first-order chi connectivity index (χ1) is 4.36. The summed E-state index contributed by atoms with van der Waals surface area (Å²) in [6.45, 7) is 3.52. The van der Waals surface area contributed by atoms with Crippen molar-refractivity contribution in [1.82, 2.24) is 10.2 Å². The molecule has 0 aromatic carbocycles. The summed E-state index contributed by atoms with van der Waals surface area (Å²) in [5, 5.41) is 3.39. The highest BCUT2D eigenvalue weighted by Gasteiger charge is 2.21. The van der Waals surface area contributed by atoms with Gasteiger partial charge in [-0.15, -0.1) is 0 Å². The van der Waals surface area contributed by atoms with Gasteiger partial charge in [0.05, 0.1) is 0 Å². The number of hydrogen-bond acceptors (Lipinski definition) is 2. The highest BCUT2D eigenvalue weighted by Crippen LogP contribution is 2.20. The Labute approximate surface area is 55.5 Å². The number of likely N-dealkylation sites (N-methyl/N-ethyl adjacent to an activating group) is 1. The highest BCUT2D eigenvalue weighted by molar-refractivity contribution is 5.25. The van der Waals surface area contributed by atoms with Crippen LogP contribution < -0.4 is 5.32 Å². The molecule has 2 aliphatic heterocycles. The van der Waals surface area contributed by atoms with Crippen LogP contribution >= 0.6 is 0 Å². The lowest BCUT2D eigenvalue weighted by atomic mass is 10.2. The van der Waals surface area contributed by atoms with E-state index < -0.39 is 0 Å². The summed E-state index contributed by atoms with van der Waals surface area (Å²) in [7, 11) is 2.17. The molecule has 0 amide bonds. The Morgan fingerprint density at radius 2 is 2.33 bits per heavy atom. The number of hydrogen-bond donors (Lipinski definition) is 1. The third-order valence-corrected chi connectivity index (χ3v) is 2.08. The van der Waals surface area contributed by atoms with E-state index in [4.69, 9.17) is 0 Å². The van der Waals surface area contributed by atoms with Crippen molar-refractivity contribution >= 4 is 0 Å². The molecule has 2 rings (SSSR count). The molecule has 0 bridgehead atoms. The van der Waals surface area contributed by atoms with Crippen LogP contribution in [0, 0.1) is 0 Å². The molecule has 0 unspecified atom stereocenters. The van der Waals surface area contributed by atoms with Crippen molar-refractivity contribution in [2.45, 2.75) is 6.42 Å². The fraction of sp³-hybridized carbons (Fsp3) is 0.714. The monoisotopic (exact) mass is 124 g/mol. The van der Waals surface area contributed by atoms with E-state index in [-0.39, 0.29) is 0 Å². The molecular formula is C7H12N2. The minimum Gasteiger partial charge on any atom is -0.387 e. The Kier molecular flexibility index (Phi) is 1.02. The molecule has 0 aromatic heterocycles. The van der Waals surface area contributed by atoms with Gasteiger partial charge in [0, 0.05) is 25.3 Å². The first kappa shape index (κ1) is 5.30. The Hall–Kier alpha value is -0.500. The quantitative estimate of drug-likeness (QED) is 0.495. The Balaban J connectivity index is 2.15. The zero-order valence-electron chi connectivity index (χ0n) is 5.78. The van der Waals surface area contributed by atoms with Gasteiger partial charge in [-0.25, -0.2) is 0 Å². The Morgan fingerprint density at radius 3 is 3.11 bits per heavy atom. The molecule has 0 saturated heterocycles. The molecule has 0 aliphatic carbocycles. The molecule has 1 N–H and O–H groups in total. The lowest BCUT2D eigenvalue weighted by Crippen LogP contribution is -2.21. The van der Waals surface area contributed by atoms with Crippen LogP contribution in [-0.2, 0) is 0 Å². The highest BCUT2D eigenvalue weighted by atomic mass is 15.2. The van der Waals surface area contributed by atoms with Gasteiger partial charge in [0.15, 0.2) is 0 Å². The van der Waals surface area contributed by atoms with Gasteiger partial charge in [-0.2, -0.15) is 0 Å². The zero-order chi connectivity index (χ0) is 6.27. The lowest BCUT2D eigenvalue weighted by molar-refractivity contribution is 0.410. The van der Waals surface area contributed by atoms with Crippen LogP contribution in [0.5, 0.6) is 0 Å². The van der Waals surface area contributed by atoms with E-state index in [1.54, 1.807) is 5.57 Å². The third kappa shape index (κ3) is 0.741. The Morgan fingerprint density at radius 1 is 1.44 bits per heavy atom. The topological polar surface area (TPSA) is 15.3 Å². The maximum Gasteiger partial charge on any atom is 0.0382 e. The average molecular weight is 124 g/mol. The third-order valence-electron chi connectivity index (χ3n) is 2.08. The summed E-state index contributed by atoms with van der Waals surface area (Å²) in [6.07, 6.45) is 1.28. The summed E-state index contributed by atoms with van der Waals surface area (Å²) in [4.78, 5) is 2.34. The molecular weight excluding hydrogens is 112 g/mol. The van der Waals surface area contributed by atoms with E-state index >= 15 is 0 Å². The average Bonchev–Trinajstić information content (AvgIpc) is 2.22. The summed E-state index contributed by atoms with van der Waals surface area (Å²) in [6, 6.07) is 0. The molecule has 0 fully saturated rings. The van der Waals surface area contributed by atoms with Gasteiger partial charge in [-0.1, -0.05) is 0 Å². The zero-order valence-corrected chi connectivity index (χ0v) is 5.78. The van der Waals surface area contributed by atoms with Crippen molar-refractivity contribution in [1.29, 1.82) is 0 Å². The number of nitrogens with one attached hydrogen (secondary N) is 1. The first-order valence-corrected chi connectivity index (χ1v) is 3.49. The number of rotatable bonds is 0. The minimum absolute atomic E-state index is 1.15. The van der Waals surface area contributed by atoms with Gasteiger partial charge in [-0.05, 0) is 19.0 Å². The van der Waals surface area contributed by atoms with Gasteiger partial charge in [-0.3, -0.25) is 4.90 Å². The summed E-state index contributed by atoms with van der Waals surface area (Å²) >= 11 is 0. The lowest BCUT2D eigenvalue weighted by Gasteiger charge is -2.09. The second kappa shape index (κ2) is 1.74. The van der Waals surface area contributed by atoms with Gasteiger partial charge >= 0.3 is 0 Å². The maximum atomic E-state index is 3.39. The van der Waals surface area contributed by atoms with Crippen LogP contribution in [0.1, 0.15) is 6.42 Å². The van der Waals surface area contributed by atoms with E-state index in [2.05, 4.69) is 17.3 Å². The molecule has 0 atom stereocenters. The predicted octanol–water partition coefficient (Wildman–Crippen LogP) is 0.179. The Bertz CT molecular complexity index is 144. The molecule has 0 spiro atoms. The van der Waals surface area contributed by atoms with E-state index in [1.165, 1.54) is 25.2 Å². The van der Waals surface area contributed by atoms with Crippen LogP contribution in [-0.4, -0.2) is 31.6 Å². The van der Waals surface area contributed by atoms with Crippen LogP contribution in [0.2, 0.25) is 0 Å². The maximum absolute atomic E-state index is 3.39. The number of nitrogens with zero attached hydrogens (tertiary/aromatic N) is 1. The van der Waals surface area contributed by atoms with Crippen LogP contribution in [0.3, 0.4) is 0 Å². The molecule has 0 aromatic rings. The molecule has 0 radical (unpaired) electrons. The fourth-order valence-electron chi connectivity index (χ4n) is 1.63. The normalized spacial score (nSPS) is 26.8. The fourth-order valence-corrected chi connectivity index (χ4v) is 1.63. The summed E-state index contributed by atoms with van der Waals surface area (Å²) < 4.78 is 0. The van der Waals surface area contributed by atoms with Gasteiger partial charge in [0.25, 0.3) is 0 Å². The van der Waals surface area contributed by atoms with Crippen LogP contribution in [0.25, 0.3) is 0 Å². The smallest absolute Gasteiger partial charge is 0.0382 e. The molecule has 0 saturated carbocycles. The molecule has 50 valence electrons. The van der Waals surface area contributed by atoms with Gasteiger partial charge in [0.1, 0.15) is 0 Å². The summed E-state index contributed by atoms with van der Waals surface area (Å²) in [5.74, 6) is 0. The van der Waals surface area contributed by atoms with Crippen LogP contribution in [0.4, 0.5) is 0 Å². The van der Waals surface area contributed by atoms with Crippen molar-refractivity contribution in [3.05, 3.63) is 11.3 Å².